The topological polar surface area (TPSA) is 83.4 Å². The Morgan fingerprint density at radius 1 is 1.32 bits per heavy atom. The predicted octanol–water partition coefficient (Wildman–Crippen LogP) is 1.47. The molecule has 0 bridgehead atoms. The van der Waals surface area contributed by atoms with Gasteiger partial charge in [0.1, 0.15) is 0 Å². The smallest absolute Gasteiger partial charge is 0.306 e. The van der Waals surface area contributed by atoms with Crippen LogP contribution in [0.2, 0.25) is 0 Å². The second-order valence-corrected chi connectivity index (χ2v) is 4.79. The summed E-state index contributed by atoms with van der Waals surface area (Å²) in [6.45, 7) is 1.46. The first kappa shape index (κ1) is 13.5. The van der Waals surface area contributed by atoms with Gasteiger partial charge in [-0.25, -0.2) is 9.97 Å². The van der Waals surface area contributed by atoms with Gasteiger partial charge in [-0.05, 0) is 25.3 Å². The Morgan fingerprint density at radius 3 is 2.58 bits per heavy atom. The molecule has 1 aliphatic rings. The fraction of sp³-hybridized carbons (Fsp3) is 0.538. The normalized spacial score (nSPS) is 22.8. The molecule has 0 aromatic carbocycles. The maximum Gasteiger partial charge on any atom is 0.306 e. The average molecular weight is 263 g/mol. The standard InChI is InChI=1S/C13H17N3O3/c1-9(17)16(13-14-6-3-7-15-13)11-5-2-4-10(8-11)12(18)19/h3,6-7,10-11H,2,4-5,8H2,1H3,(H,18,19)/t10-,11+/m0/s1. The Labute approximate surface area is 111 Å². The van der Waals surface area contributed by atoms with Crippen LogP contribution in [0.1, 0.15) is 32.6 Å². The SMILES string of the molecule is CC(=O)N(c1ncccn1)[C@@H]1CCC[C@H](C(=O)O)C1. The number of rotatable bonds is 3. The van der Waals surface area contributed by atoms with Crippen LogP contribution >= 0.6 is 0 Å². The van der Waals surface area contributed by atoms with Crippen molar-refractivity contribution >= 4 is 17.8 Å². The molecule has 0 radical (unpaired) electrons. The van der Waals surface area contributed by atoms with E-state index in [1.54, 1.807) is 18.5 Å². The van der Waals surface area contributed by atoms with Crippen molar-refractivity contribution in [2.24, 2.45) is 5.92 Å². The molecule has 1 aromatic heterocycles. The van der Waals surface area contributed by atoms with Crippen LogP contribution in [0.5, 0.6) is 0 Å². The first-order chi connectivity index (χ1) is 9.09. The lowest BCUT2D eigenvalue weighted by Crippen LogP contribution is -2.44. The molecule has 1 heterocycles. The zero-order chi connectivity index (χ0) is 13.8. The van der Waals surface area contributed by atoms with Gasteiger partial charge in [0.15, 0.2) is 0 Å². The van der Waals surface area contributed by atoms with E-state index in [-0.39, 0.29) is 17.9 Å². The molecule has 0 spiro atoms. The molecule has 1 saturated carbocycles. The number of hydrogen-bond acceptors (Lipinski definition) is 4. The maximum absolute atomic E-state index is 11.8. The lowest BCUT2D eigenvalue weighted by atomic mass is 9.85. The summed E-state index contributed by atoms with van der Waals surface area (Å²) in [7, 11) is 0. The van der Waals surface area contributed by atoms with E-state index >= 15 is 0 Å². The van der Waals surface area contributed by atoms with Gasteiger partial charge in [-0.1, -0.05) is 6.42 Å². The number of amides is 1. The summed E-state index contributed by atoms with van der Waals surface area (Å²) < 4.78 is 0. The fourth-order valence-electron chi connectivity index (χ4n) is 2.60. The molecule has 1 aromatic rings. The van der Waals surface area contributed by atoms with Crippen molar-refractivity contribution in [3.05, 3.63) is 18.5 Å². The van der Waals surface area contributed by atoms with E-state index in [1.807, 2.05) is 0 Å². The van der Waals surface area contributed by atoms with Crippen molar-refractivity contribution in [1.29, 1.82) is 0 Å². The van der Waals surface area contributed by atoms with Crippen molar-refractivity contribution in [3.63, 3.8) is 0 Å². The number of nitrogens with zero attached hydrogens (tertiary/aromatic N) is 3. The van der Waals surface area contributed by atoms with E-state index in [4.69, 9.17) is 5.11 Å². The molecular weight excluding hydrogens is 246 g/mol. The summed E-state index contributed by atoms with van der Waals surface area (Å²) in [4.78, 5) is 32.6. The zero-order valence-corrected chi connectivity index (χ0v) is 10.8. The summed E-state index contributed by atoms with van der Waals surface area (Å²) in [5.74, 6) is -0.972. The van der Waals surface area contributed by atoms with Gasteiger partial charge in [-0.3, -0.25) is 14.5 Å². The van der Waals surface area contributed by atoms with Crippen molar-refractivity contribution in [2.75, 3.05) is 4.90 Å². The molecule has 1 N–H and O–H groups in total. The van der Waals surface area contributed by atoms with Crippen LogP contribution in [0.25, 0.3) is 0 Å². The van der Waals surface area contributed by atoms with Crippen molar-refractivity contribution < 1.29 is 14.7 Å². The minimum Gasteiger partial charge on any atom is -0.481 e. The molecule has 2 rings (SSSR count). The van der Waals surface area contributed by atoms with Crippen molar-refractivity contribution in [2.45, 2.75) is 38.6 Å². The van der Waals surface area contributed by atoms with Crippen LogP contribution in [0, 0.1) is 5.92 Å². The predicted molar refractivity (Wildman–Crippen MR) is 68.6 cm³/mol. The highest BCUT2D eigenvalue weighted by Crippen LogP contribution is 2.29. The van der Waals surface area contributed by atoms with Gasteiger partial charge in [0.2, 0.25) is 11.9 Å². The summed E-state index contributed by atoms with van der Waals surface area (Å²) in [5.41, 5.74) is 0. The van der Waals surface area contributed by atoms with Crippen molar-refractivity contribution in [3.8, 4) is 0 Å². The van der Waals surface area contributed by atoms with Crippen molar-refractivity contribution in [1.82, 2.24) is 9.97 Å². The quantitative estimate of drug-likeness (QED) is 0.892. The van der Waals surface area contributed by atoms with Crippen LogP contribution in [0.15, 0.2) is 18.5 Å². The molecule has 0 unspecified atom stereocenters. The number of carboxylic acid groups (broad SMARTS) is 1. The lowest BCUT2D eigenvalue weighted by molar-refractivity contribution is -0.143. The Bertz CT molecular complexity index is 463. The number of anilines is 1. The highest BCUT2D eigenvalue weighted by Gasteiger charge is 2.33. The molecule has 1 fully saturated rings. The molecule has 0 saturated heterocycles. The van der Waals surface area contributed by atoms with Gasteiger partial charge in [0, 0.05) is 25.4 Å². The van der Waals surface area contributed by atoms with Gasteiger partial charge >= 0.3 is 5.97 Å². The number of carboxylic acids is 1. The summed E-state index contributed by atoms with van der Waals surface area (Å²) in [5, 5.41) is 9.11. The number of carbonyl (C=O) groups is 2. The second kappa shape index (κ2) is 5.77. The Hall–Kier alpha value is -1.98. The van der Waals surface area contributed by atoms with Gasteiger partial charge in [-0.15, -0.1) is 0 Å². The van der Waals surface area contributed by atoms with E-state index in [0.717, 1.165) is 12.8 Å². The minimum atomic E-state index is -0.790. The number of aliphatic carboxylic acids is 1. The minimum absolute atomic E-state index is 0.130. The Morgan fingerprint density at radius 2 is 2.00 bits per heavy atom. The third-order valence-electron chi connectivity index (χ3n) is 3.47. The molecule has 0 aliphatic heterocycles. The molecular formula is C13H17N3O3. The second-order valence-electron chi connectivity index (χ2n) is 4.79. The molecule has 6 heteroatoms. The molecule has 1 aliphatic carbocycles. The maximum atomic E-state index is 11.8. The van der Waals surface area contributed by atoms with E-state index < -0.39 is 5.97 Å². The number of aromatic nitrogens is 2. The molecule has 19 heavy (non-hydrogen) atoms. The Kier molecular flexibility index (Phi) is 4.09. The van der Waals surface area contributed by atoms with Gasteiger partial charge < -0.3 is 5.11 Å². The number of hydrogen-bond donors (Lipinski definition) is 1. The summed E-state index contributed by atoms with van der Waals surface area (Å²) in [6, 6.07) is 1.55. The third kappa shape index (κ3) is 3.07. The zero-order valence-electron chi connectivity index (χ0n) is 10.8. The molecule has 102 valence electrons. The van der Waals surface area contributed by atoms with E-state index in [1.165, 1.54) is 11.8 Å². The van der Waals surface area contributed by atoms with E-state index in [0.29, 0.717) is 18.8 Å². The molecule has 1 amide bonds. The fourth-order valence-corrected chi connectivity index (χ4v) is 2.60. The highest BCUT2D eigenvalue weighted by atomic mass is 16.4. The van der Waals surface area contributed by atoms with Crippen LogP contribution in [0.4, 0.5) is 5.95 Å². The average Bonchev–Trinajstić information content (AvgIpc) is 2.40. The van der Waals surface area contributed by atoms with Crippen LogP contribution in [-0.4, -0.2) is 33.0 Å². The monoisotopic (exact) mass is 263 g/mol. The number of carbonyl (C=O) groups excluding carboxylic acids is 1. The summed E-state index contributed by atoms with van der Waals surface area (Å²) in [6.07, 6.45) is 5.89. The highest BCUT2D eigenvalue weighted by molar-refractivity contribution is 5.90. The largest absolute Gasteiger partial charge is 0.481 e. The summed E-state index contributed by atoms with van der Waals surface area (Å²) >= 11 is 0. The van der Waals surface area contributed by atoms with Gasteiger partial charge in [-0.2, -0.15) is 0 Å². The van der Waals surface area contributed by atoms with Crippen LogP contribution in [-0.2, 0) is 9.59 Å². The first-order valence-corrected chi connectivity index (χ1v) is 6.39. The van der Waals surface area contributed by atoms with E-state index in [2.05, 4.69) is 9.97 Å². The van der Waals surface area contributed by atoms with Crippen LogP contribution < -0.4 is 4.90 Å². The van der Waals surface area contributed by atoms with E-state index in [9.17, 15) is 9.59 Å². The Balaban J connectivity index is 2.20. The van der Waals surface area contributed by atoms with Gasteiger partial charge in [0.25, 0.3) is 0 Å². The molecule has 6 nitrogen and oxygen atoms in total. The molecule has 2 atom stereocenters. The lowest BCUT2D eigenvalue weighted by Gasteiger charge is -2.34. The van der Waals surface area contributed by atoms with Crippen LogP contribution in [0.3, 0.4) is 0 Å². The van der Waals surface area contributed by atoms with Gasteiger partial charge in [0.05, 0.1) is 5.92 Å². The first-order valence-electron chi connectivity index (χ1n) is 6.39. The third-order valence-corrected chi connectivity index (χ3v) is 3.47.